The summed E-state index contributed by atoms with van der Waals surface area (Å²) in [5.41, 5.74) is 4.37. The second-order valence-corrected chi connectivity index (χ2v) is 8.30. The monoisotopic (exact) mass is 422 g/mol. The third-order valence-electron chi connectivity index (χ3n) is 4.19. The van der Waals surface area contributed by atoms with Crippen LogP contribution in [-0.4, -0.2) is 9.97 Å². The number of benzene rings is 3. The minimum Gasteiger partial charge on any atom is -0.338 e. The summed E-state index contributed by atoms with van der Waals surface area (Å²) in [7, 11) is 0. The molecule has 1 aromatic heterocycles. The van der Waals surface area contributed by atoms with Crippen LogP contribution >= 0.6 is 34.8 Å². The highest BCUT2D eigenvalue weighted by Gasteiger charge is 2.28. The number of imidazole rings is 1. The van der Waals surface area contributed by atoms with Crippen molar-refractivity contribution in [3.8, 4) is 22.3 Å². The van der Waals surface area contributed by atoms with Crippen LogP contribution in [0.25, 0.3) is 33.3 Å². The Morgan fingerprint density at radius 2 is 1.30 bits per heavy atom. The number of H-pyrrole nitrogens is 1. The molecular formula is C20H11Cl3F2N2. The van der Waals surface area contributed by atoms with Gasteiger partial charge in [0.15, 0.2) is 5.82 Å². The van der Waals surface area contributed by atoms with Gasteiger partial charge in [0, 0.05) is 5.56 Å². The van der Waals surface area contributed by atoms with Gasteiger partial charge in [0.2, 0.25) is 3.79 Å². The number of nitrogens with zero attached hydrogens (tertiary/aromatic N) is 1. The quantitative estimate of drug-likeness (QED) is 0.345. The van der Waals surface area contributed by atoms with E-state index in [4.69, 9.17) is 34.8 Å². The van der Waals surface area contributed by atoms with Crippen molar-refractivity contribution < 1.29 is 8.78 Å². The number of aromatic nitrogens is 2. The lowest BCUT2D eigenvalue weighted by atomic mass is 9.97. The largest absolute Gasteiger partial charge is 0.338 e. The highest BCUT2D eigenvalue weighted by Crippen LogP contribution is 2.40. The summed E-state index contributed by atoms with van der Waals surface area (Å²) in [4.78, 5) is 7.45. The van der Waals surface area contributed by atoms with Crippen LogP contribution in [0.5, 0.6) is 0 Å². The maximum atomic E-state index is 13.3. The summed E-state index contributed by atoms with van der Waals surface area (Å²) in [6.45, 7) is 0. The summed E-state index contributed by atoms with van der Waals surface area (Å²) in [6, 6.07) is 15.9. The summed E-state index contributed by atoms with van der Waals surface area (Å²) in [5.74, 6) is -0.477. The topological polar surface area (TPSA) is 28.7 Å². The molecule has 4 rings (SSSR count). The summed E-state index contributed by atoms with van der Waals surface area (Å²) >= 11 is 17.9. The number of rotatable bonds is 2. The molecule has 0 bridgehead atoms. The van der Waals surface area contributed by atoms with Gasteiger partial charge in [-0.05, 0) is 53.1 Å². The summed E-state index contributed by atoms with van der Waals surface area (Å²) < 4.78 is 24.9. The standard InChI is InChI=1S/C20H11Cl3F2N2/c21-20(22,23)19-26-17-10-13(11-1-5-14(24)6-2-11)9-16(18(17)27-19)12-3-7-15(25)8-4-12/h1-10H,(H,26,27). The Kier molecular flexibility index (Phi) is 4.58. The molecule has 3 aromatic carbocycles. The van der Waals surface area contributed by atoms with Crippen molar-refractivity contribution in [2.24, 2.45) is 0 Å². The molecular weight excluding hydrogens is 413 g/mol. The molecule has 2 nitrogen and oxygen atoms in total. The number of fused-ring (bicyclic) bond motifs is 1. The number of aromatic amines is 1. The third kappa shape index (κ3) is 3.65. The number of hydrogen-bond acceptors (Lipinski definition) is 1. The van der Waals surface area contributed by atoms with Crippen LogP contribution in [0.2, 0.25) is 0 Å². The molecule has 0 amide bonds. The zero-order valence-corrected chi connectivity index (χ0v) is 15.9. The second kappa shape index (κ2) is 6.79. The van der Waals surface area contributed by atoms with Crippen LogP contribution in [0.15, 0.2) is 60.7 Å². The lowest BCUT2D eigenvalue weighted by molar-refractivity contribution is 0.627. The van der Waals surface area contributed by atoms with E-state index < -0.39 is 3.79 Å². The predicted octanol–water partition coefficient (Wildman–Crippen LogP) is 7.00. The second-order valence-electron chi connectivity index (χ2n) is 6.02. The van der Waals surface area contributed by atoms with Crippen LogP contribution in [-0.2, 0) is 3.79 Å². The fourth-order valence-electron chi connectivity index (χ4n) is 2.91. The Labute approximate surface area is 168 Å². The molecule has 0 atom stereocenters. The molecule has 0 unspecified atom stereocenters. The molecule has 1 heterocycles. The van der Waals surface area contributed by atoms with E-state index in [1.54, 1.807) is 24.3 Å². The minimum atomic E-state index is -1.71. The molecule has 27 heavy (non-hydrogen) atoms. The van der Waals surface area contributed by atoms with Crippen molar-refractivity contribution >= 4 is 45.8 Å². The van der Waals surface area contributed by atoms with Gasteiger partial charge in [0.05, 0.1) is 11.0 Å². The van der Waals surface area contributed by atoms with E-state index >= 15 is 0 Å². The molecule has 0 saturated carbocycles. The normalized spacial score (nSPS) is 11.9. The zero-order chi connectivity index (χ0) is 19.2. The highest BCUT2D eigenvalue weighted by atomic mass is 35.6. The van der Waals surface area contributed by atoms with E-state index in [2.05, 4.69) is 9.97 Å². The fraction of sp³-hybridized carbons (Fsp3) is 0.0500. The number of nitrogens with one attached hydrogen (secondary N) is 1. The van der Waals surface area contributed by atoms with E-state index in [-0.39, 0.29) is 17.5 Å². The Balaban J connectivity index is 1.98. The van der Waals surface area contributed by atoms with Crippen molar-refractivity contribution in [1.29, 1.82) is 0 Å². The predicted molar refractivity (Wildman–Crippen MR) is 106 cm³/mol. The lowest BCUT2D eigenvalue weighted by Gasteiger charge is -2.08. The first-order chi connectivity index (χ1) is 12.8. The molecule has 136 valence electrons. The lowest BCUT2D eigenvalue weighted by Crippen LogP contribution is -2.02. The Morgan fingerprint density at radius 3 is 1.85 bits per heavy atom. The first-order valence-corrected chi connectivity index (χ1v) is 9.07. The van der Waals surface area contributed by atoms with Crippen molar-refractivity contribution in [2.45, 2.75) is 3.79 Å². The molecule has 0 fully saturated rings. The average Bonchev–Trinajstić information content (AvgIpc) is 3.07. The highest BCUT2D eigenvalue weighted by molar-refractivity contribution is 6.66. The molecule has 4 aromatic rings. The van der Waals surface area contributed by atoms with Gasteiger partial charge in [-0.15, -0.1) is 0 Å². The summed E-state index contributed by atoms with van der Waals surface area (Å²) in [5, 5.41) is 0. The maximum absolute atomic E-state index is 13.3. The Bertz CT molecular complexity index is 1120. The zero-order valence-electron chi connectivity index (χ0n) is 13.6. The molecule has 1 N–H and O–H groups in total. The molecule has 7 heteroatoms. The van der Waals surface area contributed by atoms with E-state index in [9.17, 15) is 8.78 Å². The smallest absolute Gasteiger partial charge is 0.248 e. The number of hydrogen-bond donors (Lipinski definition) is 1. The first kappa shape index (κ1) is 18.2. The van der Waals surface area contributed by atoms with Crippen molar-refractivity contribution in [3.63, 3.8) is 0 Å². The SMILES string of the molecule is Fc1ccc(-c2cc(-c3ccc(F)cc3)c3nc(C(Cl)(Cl)Cl)[nH]c3c2)cc1. The fourth-order valence-corrected chi connectivity index (χ4v) is 3.18. The third-order valence-corrected chi connectivity index (χ3v) is 4.72. The Morgan fingerprint density at radius 1 is 0.741 bits per heavy atom. The minimum absolute atomic E-state index is 0.183. The van der Waals surface area contributed by atoms with E-state index in [1.165, 1.54) is 24.3 Å². The van der Waals surface area contributed by atoms with Gasteiger partial charge in [-0.3, -0.25) is 0 Å². The van der Waals surface area contributed by atoms with Crippen molar-refractivity contribution in [3.05, 3.63) is 78.1 Å². The van der Waals surface area contributed by atoms with Gasteiger partial charge in [-0.25, -0.2) is 13.8 Å². The number of halogens is 5. The van der Waals surface area contributed by atoms with Gasteiger partial charge < -0.3 is 4.98 Å². The van der Waals surface area contributed by atoms with Gasteiger partial charge in [-0.1, -0.05) is 59.1 Å². The summed E-state index contributed by atoms with van der Waals surface area (Å²) in [6.07, 6.45) is 0. The van der Waals surface area contributed by atoms with Crippen LogP contribution < -0.4 is 0 Å². The molecule has 0 aliphatic carbocycles. The molecule has 0 radical (unpaired) electrons. The molecule has 0 aliphatic rings. The maximum Gasteiger partial charge on any atom is 0.248 e. The van der Waals surface area contributed by atoms with E-state index in [1.807, 2.05) is 12.1 Å². The van der Waals surface area contributed by atoms with Gasteiger partial charge >= 0.3 is 0 Å². The van der Waals surface area contributed by atoms with Crippen LogP contribution in [0, 0.1) is 11.6 Å². The van der Waals surface area contributed by atoms with Crippen LogP contribution in [0.3, 0.4) is 0 Å². The average molecular weight is 424 g/mol. The number of alkyl halides is 3. The van der Waals surface area contributed by atoms with Gasteiger partial charge in [-0.2, -0.15) is 0 Å². The van der Waals surface area contributed by atoms with Gasteiger partial charge in [0.25, 0.3) is 0 Å². The molecule has 0 spiro atoms. The van der Waals surface area contributed by atoms with Crippen molar-refractivity contribution in [1.82, 2.24) is 9.97 Å². The van der Waals surface area contributed by atoms with Gasteiger partial charge in [0.1, 0.15) is 11.6 Å². The molecule has 0 aliphatic heterocycles. The van der Waals surface area contributed by atoms with E-state index in [0.29, 0.717) is 11.0 Å². The van der Waals surface area contributed by atoms with Crippen LogP contribution in [0.4, 0.5) is 8.78 Å². The molecule has 0 saturated heterocycles. The van der Waals surface area contributed by atoms with E-state index in [0.717, 1.165) is 22.3 Å². The van der Waals surface area contributed by atoms with Crippen molar-refractivity contribution in [2.75, 3.05) is 0 Å². The first-order valence-electron chi connectivity index (χ1n) is 7.94. The van der Waals surface area contributed by atoms with Crippen LogP contribution in [0.1, 0.15) is 5.82 Å². The Hall–Kier alpha value is -2.14.